The third-order valence-electron chi connectivity index (χ3n) is 3.73. The molecule has 5 nitrogen and oxygen atoms in total. The van der Waals surface area contributed by atoms with Crippen molar-refractivity contribution in [2.24, 2.45) is 0 Å². The SMILES string of the molecule is CCCCCCCN1C=CN(c2ccc([N+](=O)[O-])cc2)C1. The van der Waals surface area contributed by atoms with Crippen LogP contribution in [-0.2, 0) is 0 Å². The Morgan fingerprint density at radius 1 is 1.10 bits per heavy atom. The summed E-state index contributed by atoms with van der Waals surface area (Å²) in [7, 11) is 0. The Kier molecular flexibility index (Phi) is 5.60. The highest BCUT2D eigenvalue weighted by Crippen LogP contribution is 2.22. The molecular weight excluding hydrogens is 266 g/mol. The number of rotatable bonds is 8. The Hall–Kier alpha value is -2.04. The van der Waals surface area contributed by atoms with E-state index >= 15 is 0 Å². The van der Waals surface area contributed by atoms with Crippen LogP contribution in [0.3, 0.4) is 0 Å². The van der Waals surface area contributed by atoms with Crippen molar-refractivity contribution in [3.63, 3.8) is 0 Å². The predicted molar refractivity (Wildman–Crippen MR) is 85.0 cm³/mol. The minimum absolute atomic E-state index is 0.134. The highest BCUT2D eigenvalue weighted by molar-refractivity contribution is 5.53. The number of hydrogen-bond donors (Lipinski definition) is 0. The Balaban J connectivity index is 1.77. The van der Waals surface area contributed by atoms with Crippen molar-refractivity contribution in [1.29, 1.82) is 0 Å². The summed E-state index contributed by atoms with van der Waals surface area (Å²) in [5.41, 5.74) is 1.13. The third-order valence-corrected chi connectivity index (χ3v) is 3.73. The number of non-ortho nitro benzene ring substituents is 1. The van der Waals surface area contributed by atoms with Gasteiger partial charge in [-0.1, -0.05) is 32.6 Å². The van der Waals surface area contributed by atoms with E-state index < -0.39 is 0 Å². The molecule has 114 valence electrons. The second-order valence-electron chi connectivity index (χ2n) is 5.41. The van der Waals surface area contributed by atoms with Gasteiger partial charge in [0.25, 0.3) is 5.69 Å². The van der Waals surface area contributed by atoms with Crippen molar-refractivity contribution in [2.45, 2.75) is 39.0 Å². The smallest absolute Gasteiger partial charge is 0.269 e. The summed E-state index contributed by atoms with van der Waals surface area (Å²) in [6.07, 6.45) is 10.6. The topological polar surface area (TPSA) is 49.6 Å². The van der Waals surface area contributed by atoms with Gasteiger partial charge in [-0.05, 0) is 18.6 Å². The molecule has 0 unspecified atom stereocenters. The van der Waals surface area contributed by atoms with Gasteiger partial charge in [-0.25, -0.2) is 0 Å². The minimum atomic E-state index is -0.369. The van der Waals surface area contributed by atoms with E-state index in [4.69, 9.17) is 0 Å². The van der Waals surface area contributed by atoms with E-state index in [-0.39, 0.29) is 10.6 Å². The lowest BCUT2D eigenvalue weighted by Gasteiger charge is -2.21. The van der Waals surface area contributed by atoms with E-state index in [1.807, 2.05) is 6.20 Å². The van der Waals surface area contributed by atoms with Crippen LogP contribution in [0.25, 0.3) is 0 Å². The van der Waals surface area contributed by atoms with Gasteiger partial charge in [-0.15, -0.1) is 0 Å². The quantitative estimate of drug-likeness (QED) is 0.410. The van der Waals surface area contributed by atoms with Crippen LogP contribution in [-0.4, -0.2) is 23.0 Å². The van der Waals surface area contributed by atoms with Gasteiger partial charge in [0, 0.05) is 36.8 Å². The molecule has 21 heavy (non-hydrogen) atoms. The molecule has 5 heteroatoms. The van der Waals surface area contributed by atoms with E-state index in [1.165, 1.54) is 32.1 Å². The van der Waals surface area contributed by atoms with Gasteiger partial charge < -0.3 is 9.80 Å². The molecular formula is C16H23N3O2. The molecule has 0 aliphatic carbocycles. The number of hydrogen-bond acceptors (Lipinski definition) is 4. The summed E-state index contributed by atoms with van der Waals surface area (Å²) in [5.74, 6) is 0. The molecule has 0 fully saturated rings. The zero-order valence-electron chi connectivity index (χ0n) is 12.6. The molecule has 0 bridgehead atoms. The van der Waals surface area contributed by atoms with E-state index in [0.717, 1.165) is 18.9 Å². The highest BCUT2D eigenvalue weighted by atomic mass is 16.6. The minimum Gasteiger partial charge on any atom is -0.358 e. The van der Waals surface area contributed by atoms with Crippen molar-refractivity contribution in [3.8, 4) is 0 Å². The van der Waals surface area contributed by atoms with Crippen molar-refractivity contribution < 1.29 is 4.92 Å². The van der Waals surface area contributed by atoms with Crippen LogP contribution in [0.1, 0.15) is 39.0 Å². The standard InChI is InChI=1S/C16H23N3O2/c1-2-3-4-5-6-11-17-12-13-18(14-17)15-7-9-16(10-8-15)19(20)21/h7-10,12-13H,2-6,11,14H2,1H3. The first-order valence-electron chi connectivity index (χ1n) is 7.64. The van der Waals surface area contributed by atoms with E-state index in [9.17, 15) is 10.1 Å². The fourth-order valence-corrected chi connectivity index (χ4v) is 2.46. The van der Waals surface area contributed by atoms with Crippen LogP contribution in [0.5, 0.6) is 0 Å². The van der Waals surface area contributed by atoms with E-state index in [0.29, 0.717) is 0 Å². The molecule has 1 aromatic carbocycles. The van der Waals surface area contributed by atoms with Crippen LogP contribution in [0.2, 0.25) is 0 Å². The van der Waals surface area contributed by atoms with Crippen LogP contribution in [0.4, 0.5) is 11.4 Å². The molecule has 0 saturated carbocycles. The second-order valence-corrected chi connectivity index (χ2v) is 5.41. The predicted octanol–water partition coefficient (Wildman–Crippen LogP) is 4.12. The molecule has 0 atom stereocenters. The van der Waals surface area contributed by atoms with Crippen molar-refractivity contribution >= 4 is 11.4 Å². The number of nitro groups is 1. The normalized spacial score (nSPS) is 14.0. The third kappa shape index (κ3) is 4.48. The molecule has 1 aromatic rings. The summed E-state index contributed by atoms with van der Waals surface area (Å²) < 4.78 is 0. The van der Waals surface area contributed by atoms with Crippen LogP contribution in [0.15, 0.2) is 36.7 Å². The molecule has 0 spiro atoms. The number of anilines is 1. The zero-order valence-corrected chi connectivity index (χ0v) is 12.6. The molecule has 1 aliphatic rings. The van der Waals surface area contributed by atoms with Gasteiger partial charge in [0.15, 0.2) is 0 Å². The Labute approximate surface area is 126 Å². The van der Waals surface area contributed by atoms with Gasteiger partial charge >= 0.3 is 0 Å². The second kappa shape index (κ2) is 7.67. The first-order valence-corrected chi connectivity index (χ1v) is 7.64. The molecule has 0 radical (unpaired) electrons. The monoisotopic (exact) mass is 289 g/mol. The maximum absolute atomic E-state index is 10.6. The molecule has 0 N–H and O–H groups in total. The maximum Gasteiger partial charge on any atom is 0.269 e. The lowest BCUT2D eigenvalue weighted by molar-refractivity contribution is -0.384. The summed E-state index contributed by atoms with van der Waals surface area (Å²) in [6.45, 7) is 4.13. The molecule has 1 aliphatic heterocycles. The summed E-state index contributed by atoms with van der Waals surface area (Å²) in [4.78, 5) is 14.7. The molecule has 0 aromatic heterocycles. The number of nitro benzene ring substituents is 1. The summed E-state index contributed by atoms with van der Waals surface area (Å²) >= 11 is 0. The fraction of sp³-hybridized carbons (Fsp3) is 0.500. The van der Waals surface area contributed by atoms with Crippen molar-refractivity contribution in [1.82, 2.24) is 4.90 Å². The highest BCUT2D eigenvalue weighted by Gasteiger charge is 2.14. The van der Waals surface area contributed by atoms with Crippen molar-refractivity contribution in [3.05, 3.63) is 46.8 Å². The number of unbranched alkanes of at least 4 members (excludes halogenated alkanes) is 4. The largest absolute Gasteiger partial charge is 0.358 e. The lowest BCUT2D eigenvalue weighted by Crippen LogP contribution is -2.25. The first kappa shape index (κ1) is 15.4. The molecule has 0 saturated heterocycles. The van der Waals surface area contributed by atoms with Crippen LogP contribution >= 0.6 is 0 Å². The lowest BCUT2D eigenvalue weighted by atomic mass is 10.1. The summed E-state index contributed by atoms with van der Waals surface area (Å²) in [6, 6.07) is 6.70. The van der Waals surface area contributed by atoms with Gasteiger partial charge in [-0.3, -0.25) is 10.1 Å². The average Bonchev–Trinajstić information content (AvgIpc) is 2.96. The maximum atomic E-state index is 10.6. The van der Waals surface area contributed by atoms with Gasteiger partial charge in [-0.2, -0.15) is 0 Å². The Morgan fingerprint density at radius 3 is 2.48 bits per heavy atom. The number of nitrogens with zero attached hydrogens (tertiary/aromatic N) is 3. The van der Waals surface area contributed by atoms with Gasteiger partial charge in [0.1, 0.15) is 0 Å². The van der Waals surface area contributed by atoms with E-state index in [1.54, 1.807) is 24.3 Å². The van der Waals surface area contributed by atoms with Crippen LogP contribution < -0.4 is 4.90 Å². The van der Waals surface area contributed by atoms with E-state index in [2.05, 4.69) is 22.9 Å². The average molecular weight is 289 g/mol. The number of benzene rings is 1. The molecule has 1 heterocycles. The Morgan fingerprint density at radius 2 is 1.81 bits per heavy atom. The fourth-order valence-electron chi connectivity index (χ4n) is 2.46. The Bertz CT molecular complexity index is 485. The van der Waals surface area contributed by atoms with Crippen molar-refractivity contribution in [2.75, 3.05) is 18.1 Å². The van der Waals surface area contributed by atoms with Gasteiger partial charge in [0.05, 0.1) is 11.6 Å². The van der Waals surface area contributed by atoms with Crippen LogP contribution in [0, 0.1) is 10.1 Å². The first-order chi connectivity index (χ1) is 10.2. The zero-order chi connectivity index (χ0) is 15.1. The summed E-state index contributed by atoms with van der Waals surface area (Å²) in [5, 5.41) is 10.6. The molecule has 2 rings (SSSR count). The molecule has 0 amide bonds. The van der Waals surface area contributed by atoms with Gasteiger partial charge in [0.2, 0.25) is 0 Å².